The van der Waals surface area contributed by atoms with Crippen molar-refractivity contribution in [1.29, 1.82) is 0 Å². The Morgan fingerprint density at radius 3 is 2.67 bits per heavy atom. The van der Waals surface area contributed by atoms with E-state index in [1.54, 1.807) is 19.2 Å². The first-order valence-corrected chi connectivity index (χ1v) is 6.02. The normalized spacial score (nSPS) is 14.2. The van der Waals surface area contributed by atoms with Crippen LogP contribution in [-0.2, 0) is 4.74 Å². The maximum Gasteiger partial charge on any atom is 0.274 e. The van der Waals surface area contributed by atoms with Crippen molar-refractivity contribution in [2.24, 2.45) is 5.92 Å². The number of nitro groups is 1. The van der Waals surface area contributed by atoms with E-state index in [4.69, 9.17) is 4.74 Å². The van der Waals surface area contributed by atoms with Gasteiger partial charge in [-0.1, -0.05) is 25.1 Å². The van der Waals surface area contributed by atoms with Crippen molar-refractivity contribution in [2.45, 2.75) is 19.9 Å². The summed E-state index contributed by atoms with van der Waals surface area (Å²) in [6, 6.07) is 6.77. The smallest absolute Gasteiger partial charge is 0.274 e. The van der Waals surface area contributed by atoms with Crippen LogP contribution in [0.5, 0.6) is 0 Å². The highest BCUT2D eigenvalue weighted by Crippen LogP contribution is 2.24. The first-order valence-electron chi connectivity index (χ1n) is 6.02. The van der Waals surface area contributed by atoms with Gasteiger partial charge in [-0.15, -0.1) is 0 Å². The van der Waals surface area contributed by atoms with Gasteiger partial charge >= 0.3 is 0 Å². The van der Waals surface area contributed by atoms with Crippen LogP contribution in [-0.4, -0.2) is 25.2 Å². The highest BCUT2D eigenvalue weighted by Gasteiger charge is 2.17. The molecule has 0 saturated carbocycles. The number of nitro benzene ring substituents is 1. The number of ether oxygens (including phenoxy) is 1. The molecule has 0 heterocycles. The molecule has 2 unspecified atom stereocenters. The molecule has 0 amide bonds. The Labute approximate surface area is 107 Å². The van der Waals surface area contributed by atoms with E-state index in [9.17, 15) is 10.1 Å². The van der Waals surface area contributed by atoms with Gasteiger partial charge in [-0.25, -0.2) is 0 Å². The molecule has 0 bridgehead atoms. The van der Waals surface area contributed by atoms with Gasteiger partial charge in [-0.05, 0) is 12.8 Å². The topological polar surface area (TPSA) is 64.4 Å². The predicted molar refractivity (Wildman–Crippen MR) is 70.6 cm³/mol. The largest absolute Gasteiger partial charge is 0.384 e. The highest BCUT2D eigenvalue weighted by molar-refractivity contribution is 5.41. The Hall–Kier alpha value is -1.46. The van der Waals surface area contributed by atoms with E-state index in [1.807, 2.05) is 13.0 Å². The molecule has 100 valence electrons. The first kappa shape index (κ1) is 14.6. The molecule has 0 spiro atoms. The van der Waals surface area contributed by atoms with Crippen LogP contribution in [0.4, 0.5) is 5.69 Å². The zero-order chi connectivity index (χ0) is 13.5. The van der Waals surface area contributed by atoms with Crippen molar-refractivity contribution in [3.8, 4) is 0 Å². The van der Waals surface area contributed by atoms with Crippen molar-refractivity contribution in [3.63, 3.8) is 0 Å². The zero-order valence-electron chi connectivity index (χ0n) is 11.1. The van der Waals surface area contributed by atoms with Crippen LogP contribution in [0.3, 0.4) is 0 Å². The lowest BCUT2D eigenvalue weighted by Crippen LogP contribution is -2.26. The van der Waals surface area contributed by atoms with Crippen LogP contribution in [0.2, 0.25) is 0 Å². The Morgan fingerprint density at radius 1 is 1.39 bits per heavy atom. The second-order valence-corrected chi connectivity index (χ2v) is 4.51. The molecule has 0 aliphatic heterocycles. The highest BCUT2D eigenvalue weighted by atomic mass is 16.6. The summed E-state index contributed by atoms with van der Waals surface area (Å²) in [5, 5.41) is 14.2. The van der Waals surface area contributed by atoms with Crippen LogP contribution in [0.15, 0.2) is 24.3 Å². The van der Waals surface area contributed by atoms with E-state index in [0.29, 0.717) is 18.1 Å². The van der Waals surface area contributed by atoms with Crippen LogP contribution >= 0.6 is 0 Å². The maximum atomic E-state index is 10.9. The Balaban J connectivity index is 2.66. The van der Waals surface area contributed by atoms with Gasteiger partial charge in [0.15, 0.2) is 0 Å². The van der Waals surface area contributed by atoms with Gasteiger partial charge in [0.2, 0.25) is 0 Å². The minimum Gasteiger partial charge on any atom is -0.384 e. The second kappa shape index (κ2) is 7.08. The molecule has 0 saturated heterocycles. The van der Waals surface area contributed by atoms with E-state index in [1.165, 1.54) is 6.07 Å². The number of nitrogens with zero attached hydrogens (tertiary/aromatic N) is 1. The SMILES string of the molecule is COCC(C)CNC(C)c1ccccc1[N+](=O)[O-]. The molecule has 0 aliphatic rings. The fourth-order valence-corrected chi connectivity index (χ4v) is 1.85. The van der Waals surface area contributed by atoms with Crippen molar-refractivity contribution in [1.82, 2.24) is 5.32 Å². The fourth-order valence-electron chi connectivity index (χ4n) is 1.85. The number of nitrogens with one attached hydrogen (secondary N) is 1. The molecule has 1 aromatic rings. The lowest BCUT2D eigenvalue weighted by atomic mass is 10.1. The summed E-state index contributed by atoms with van der Waals surface area (Å²) in [4.78, 5) is 10.6. The molecule has 0 aromatic heterocycles. The van der Waals surface area contributed by atoms with E-state index in [2.05, 4.69) is 12.2 Å². The van der Waals surface area contributed by atoms with Gasteiger partial charge in [-0.3, -0.25) is 10.1 Å². The number of hydrogen-bond donors (Lipinski definition) is 1. The lowest BCUT2D eigenvalue weighted by Gasteiger charge is -2.17. The minimum absolute atomic E-state index is 0.0501. The van der Waals surface area contributed by atoms with E-state index < -0.39 is 0 Å². The first-order chi connectivity index (χ1) is 8.56. The Kier molecular flexibility index (Phi) is 5.74. The van der Waals surface area contributed by atoms with Crippen LogP contribution in [0.1, 0.15) is 25.5 Å². The summed E-state index contributed by atoms with van der Waals surface area (Å²) < 4.78 is 5.06. The summed E-state index contributed by atoms with van der Waals surface area (Å²) in [6.45, 7) is 5.45. The third-order valence-electron chi connectivity index (χ3n) is 2.82. The number of para-hydroxylation sites is 1. The predicted octanol–water partition coefficient (Wildman–Crippen LogP) is 2.53. The number of rotatable bonds is 7. The molecule has 0 radical (unpaired) electrons. The molecule has 5 heteroatoms. The van der Waals surface area contributed by atoms with E-state index >= 15 is 0 Å². The summed E-state index contributed by atoms with van der Waals surface area (Å²) in [5.74, 6) is 0.375. The molecule has 0 fully saturated rings. The van der Waals surface area contributed by atoms with Crippen molar-refractivity contribution in [2.75, 3.05) is 20.3 Å². The van der Waals surface area contributed by atoms with E-state index in [0.717, 1.165) is 6.54 Å². The third-order valence-corrected chi connectivity index (χ3v) is 2.82. The molecular weight excluding hydrogens is 232 g/mol. The molecule has 1 aromatic carbocycles. The Morgan fingerprint density at radius 2 is 2.06 bits per heavy atom. The lowest BCUT2D eigenvalue weighted by molar-refractivity contribution is -0.385. The number of benzene rings is 1. The quantitative estimate of drug-likeness (QED) is 0.598. The van der Waals surface area contributed by atoms with E-state index in [-0.39, 0.29) is 16.7 Å². The monoisotopic (exact) mass is 252 g/mol. The third kappa shape index (κ3) is 4.09. The zero-order valence-corrected chi connectivity index (χ0v) is 11.1. The molecule has 2 atom stereocenters. The Bertz CT molecular complexity index is 396. The molecule has 18 heavy (non-hydrogen) atoms. The van der Waals surface area contributed by atoms with Gasteiger partial charge in [-0.2, -0.15) is 0 Å². The van der Waals surface area contributed by atoms with Crippen LogP contribution in [0.25, 0.3) is 0 Å². The molecule has 1 rings (SSSR count). The standard InChI is InChI=1S/C13H20N2O3/c1-10(9-18-3)8-14-11(2)12-6-4-5-7-13(12)15(16)17/h4-7,10-11,14H,8-9H2,1-3H3. The van der Waals surface area contributed by atoms with Crippen LogP contribution in [0, 0.1) is 16.0 Å². The van der Waals surface area contributed by atoms with Gasteiger partial charge in [0.05, 0.1) is 4.92 Å². The maximum absolute atomic E-state index is 10.9. The fraction of sp³-hybridized carbons (Fsp3) is 0.538. The average Bonchev–Trinajstić information content (AvgIpc) is 2.36. The van der Waals surface area contributed by atoms with Gasteiger partial charge in [0, 0.05) is 37.9 Å². The van der Waals surface area contributed by atoms with Crippen molar-refractivity contribution < 1.29 is 9.66 Å². The number of methoxy groups -OCH3 is 1. The van der Waals surface area contributed by atoms with Gasteiger partial charge in [0.25, 0.3) is 5.69 Å². The minimum atomic E-state index is -0.341. The average molecular weight is 252 g/mol. The molecule has 0 aliphatic carbocycles. The van der Waals surface area contributed by atoms with Gasteiger partial charge < -0.3 is 10.1 Å². The summed E-state index contributed by atoms with van der Waals surface area (Å²) >= 11 is 0. The summed E-state index contributed by atoms with van der Waals surface area (Å²) in [7, 11) is 1.67. The number of hydrogen-bond acceptors (Lipinski definition) is 4. The second-order valence-electron chi connectivity index (χ2n) is 4.51. The molecule has 1 N–H and O–H groups in total. The van der Waals surface area contributed by atoms with Crippen LogP contribution < -0.4 is 5.32 Å². The molecular formula is C13H20N2O3. The summed E-state index contributed by atoms with van der Waals surface area (Å²) in [6.07, 6.45) is 0. The van der Waals surface area contributed by atoms with Crippen molar-refractivity contribution in [3.05, 3.63) is 39.9 Å². The van der Waals surface area contributed by atoms with Gasteiger partial charge in [0.1, 0.15) is 0 Å². The van der Waals surface area contributed by atoms with Crippen molar-refractivity contribution >= 4 is 5.69 Å². The molecule has 5 nitrogen and oxygen atoms in total. The summed E-state index contributed by atoms with van der Waals surface area (Å²) in [5.41, 5.74) is 0.879.